The summed E-state index contributed by atoms with van der Waals surface area (Å²) in [7, 11) is 3.07. The van der Waals surface area contributed by atoms with Crippen molar-refractivity contribution in [1.82, 2.24) is 10.6 Å². The third-order valence-electron chi connectivity index (χ3n) is 8.50. The van der Waals surface area contributed by atoms with Crippen LogP contribution in [0.5, 0.6) is 0 Å². The van der Waals surface area contributed by atoms with E-state index in [4.69, 9.17) is 18.9 Å². The Bertz CT molecular complexity index is 1210. The highest BCUT2D eigenvalue weighted by molar-refractivity contribution is 6.01. The summed E-state index contributed by atoms with van der Waals surface area (Å²) >= 11 is 0. The van der Waals surface area contributed by atoms with E-state index in [2.05, 4.69) is 57.4 Å². The van der Waals surface area contributed by atoms with E-state index in [1.165, 1.54) is 28.1 Å². The summed E-state index contributed by atoms with van der Waals surface area (Å²) in [5, 5.41) is 7.08. The second-order valence-corrected chi connectivity index (χ2v) is 14.0. The molecule has 0 saturated heterocycles. The number of carbonyl (C=O) groups excluding carboxylic acids is 4. The van der Waals surface area contributed by atoms with Crippen LogP contribution in [0, 0.1) is 35.0 Å². The fraction of sp³-hybridized carbons (Fsp3) is 0.676. The minimum Gasteiger partial charge on any atom is -0.462 e. The lowest BCUT2D eigenvalue weighted by atomic mass is 9.80. The predicted octanol–water partition coefficient (Wildman–Crippen LogP) is 5.10. The van der Waals surface area contributed by atoms with Gasteiger partial charge in [-0.2, -0.15) is 0 Å². The number of nitrogens with one attached hydrogen (secondary N) is 2. The van der Waals surface area contributed by atoms with E-state index in [1.54, 1.807) is 0 Å². The van der Waals surface area contributed by atoms with Crippen LogP contribution in [0.3, 0.4) is 0 Å². The van der Waals surface area contributed by atoms with E-state index in [9.17, 15) is 19.2 Å². The van der Waals surface area contributed by atoms with Crippen LogP contribution < -0.4 is 10.6 Å². The molecule has 5 unspecified atom stereocenters. The Labute approximate surface area is 281 Å². The van der Waals surface area contributed by atoms with Crippen molar-refractivity contribution in [2.24, 2.45) is 35.0 Å². The second-order valence-electron chi connectivity index (χ2n) is 14.0. The second kappa shape index (κ2) is 19.5. The fourth-order valence-electron chi connectivity index (χ4n) is 6.44. The molecule has 0 amide bonds. The Hall–Kier alpha value is -3.24. The van der Waals surface area contributed by atoms with Gasteiger partial charge in [0, 0.05) is 38.7 Å². The first-order chi connectivity index (χ1) is 22.2. The largest absolute Gasteiger partial charge is 0.462 e. The fourth-order valence-corrected chi connectivity index (χ4v) is 6.44. The Morgan fingerprint density at radius 3 is 1.66 bits per heavy atom. The first-order valence-electron chi connectivity index (χ1n) is 16.8. The van der Waals surface area contributed by atoms with Crippen molar-refractivity contribution < 1.29 is 38.1 Å². The summed E-state index contributed by atoms with van der Waals surface area (Å²) in [5.74, 6) is -2.57. The average Bonchev–Trinajstić information content (AvgIpc) is 2.95. The summed E-state index contributed by atoms with van der Waals surface area (Å²) in [6.45, 7) is 16.1. The molecule has 2 N–H and O–H groups in total. The molecule has 2 rings (SSSR count). The summed E-state index contributed by atoms with van der Waals surface area (Å²) in [4.78, 5) is 50.3. The normalized spacial score (nSPS) is 20.0. The third-order valence-corrected chi connectivity index (χ3v) is 8.50. The minimum absolute atomic E-state index is 0.0511. The van der Waals surface area contributed by atoms with Crippen molar-refractivity contribution in [2.45, 2.75) is 74.1 Å². The number of allylic oxidation sites excluding steroid dienone is 4. The van der Waals surface area contributed by atoms with Crippen molar-refractivity contribution in [1.29, 1.82) is 0 Å². The lowest BCUT2D eigenvalue weighted by molar-refractivity contribution is -0.152. The molecule has 5 atom stereocenters. The van der Waals surface area contributed by atoms with E-state index in [-0.39, 0.29) is 55.2 Å². The number of ether oxygens (including phenoxy) is 4. The van der Waals surface area contributed by atoms with Gasteiger partial charge in [0.25, 0.3) is 0 Å². The molecule has 2 aliphatic rings. The number of Topliss-reactive ketones (excluding diaryl/α,β-unsaturated/α-hetero) is 2. The van der Waals surface area contributed by atoms with Crippen LogP contribution in [0.1, 0.15) is 74.1 Å². The molecule has 0 aromatic carbocycles. The maximum absolute atomic E-state index is 12.7. The summed E-state index contributed by atoms with van der Waals surface area (Å²) < 4.78 is 20.5. The average molecular weight is 659 g/mol. The maximum atomic E-state index is 12.7. The molecular weight excluding hydrogens is 600 g/mol. The number of ketones is 2. The SMILES string of the molecule is COCCOC(=O)C(C(C)=O)C1=CC(NCCC(C)(C)CC(C)CNC2=CC(C)CC(C(C(C)=O)C(=O)OCCOC)=C2)=CC(C)C1. The molecule has 0 bridgehead atoms. The Kier molecular flexibility index (Phi) is 16.6. The van der Waals surface area contributed by atoms with E-state index in [0.29, 0.717) is 18.8 Å². The summed E-state index contributed by atoms with van der Waals surface area (Å²) in [6, 6.07) is 0. The number of esters is 2. The Morgan fingerprint density at radius 1 is 0.787 bits per heavy atom. The molecule has 0 spiro atoms. The van der Waals surface area contributed by atoms with Crippen LogP contribution in [-0.4, -0.2) is 77.2 Å². The maximum Gasteiger partial charge on any atom is 0.320 e. The molecule has 0 saturated carbocycles. The van der Waals surface area contributed by atoms with Gasteiger partial charge < -0.3 is 29.6 Å². The molecule has 10 heteroatoms. The summed E-state index contributed by atoms with van der Waals surface area (Å²) in [5.41, 5.74) is 3.45. The molecule has 0 aromatic heterocycles. The van der Waals surface area contributed by atoms with Crippen molar-refractivity contribution in [2.75, 3.05) is 53.7 Å². The highest BCUT2D eigenvalue weighted by atomic mass is 16.6. The van der Waals surface area contributed by atoms with Gasteiger partial charge in [-0.3, -0.25) is 19.2 Å². The van der Waals surface area contributed by atoms with Crippen LogP contribution in [-0.2, 0) is 38.1 Å². The lowest BCUT2D eigenvalue weighted by Gasteiger charge is -2.30. The van der Waals surface area contributed by atoms with Gasteiger partial charge in [0.05, 0.1) is 13.2 Å². The zero-order valence-electron chi connectivity index (χ0n) is 30.0. The van der Waals surface area contributed by atoms with Crippen molar-refractivity contribution >= 4 is 23.5 Å². The van der Waals surface area contributed by atoms with Gasteiger partial charge in [-0.1, -0.05) is 46.8 Å². The molecule has 0 aromatic rings. The lowest BCUT2D eigenvalue weighted by Crippen LogP contribution is -2.31. The number of methoxy groups -OCH3 is 2. The number of carbonyl (C=O) groups is 4. The number of hydrogen-bond acceptors (Lipinski definition) is 10. The number of rotatable bonds is 21. The molecule has 0 fully saturated rings. The van der Waals surface area contributed by atoms with Gasteiger partial charge >= 0.3 is 11.9 Å². The molecule has 0 aliphatic heterocycles. The van der Waals surface area contributed by atoms with Crippen LogP contribution in [0.15, 0.2) is 46.8 Å². The van der Waals surface area contributed by atoms with E-state index < -0.39 is 23.8 Å². The smallest absolute Gasteiger partial charge is 0.320 e. The van der Waals surface area contributed by atoms with Gasteiger partial charge in [0.1, 0.15) is 36.6 Å². The molecule has 0 radical (unpaired) electrons. The third kappa shape index (κ3) is 13.8. The number of hydrogen-bond donors (Lipinski definition) is 2. The zero-order valence-corrected chi connectivity index (χ0v) is 30.0. The van der Waals surface area contributed by atoms with Crippen LogP contribution in [0.25, 0.3) is 0 Å². The van der Waals surface area contributed by atoms with Crippen LogP contribution >= 0.6 is 0 Å². The molecule has 2 aliphatic carbocycles. The quantitative estimate of drug-likeness (QED) is 0.0977. The van der Waals surface area contributed by atoms with Crippen molar-refractivity contribution in [3.8, 4) is 0 Å². The highest BCUT2D eigenvalue weighted by Crippen LogP contribution is 2.32. The Morgan fingerprint density at radius 2 is 1.23 bits per heavy atom. The monoisotopic (exact) mass is 658 g/mol. The molecule has 10 nitrogen and oxygen atoms in total. The standard InChI is InChI=1S/C37H58N2O8/c1-24-16-29(33(27(4)40)35(42)46-14-12-44-8)20-31(18-24)38-11-10-37(6,7)22-26(3)23-39-32-19-25(2)17-30(21-32)34(28(5)41)36(43)47-15-13-45-9/h18-21,24-26,33-34,38-39H,10-17,22-23H2,1-9H3. The molecule has 47 heavy (non-hydrogen) atoms. The van der Waals surface area contributed by atoms with Gasteiger partial charge in [0.2, 0.25) is 0 Å². The predicted molar refractivity (Wildman–Crippen MR) is 182 cm³/mol. The highest BCUT2D eigenvalue weighted by Gasteiger charge is 2.33. The van der Waals surface area contributed by atoms with Gasteiger partial charge in [0.15, 0.2) is 0 Å². The molecule has 0 heterocycles. The first-order valence-corrected chi connectivity index (χ1v) is 16.8. The van der Waals surface area contributed by atoms with E-state index >= 15 is 0 Å². The zero-order chi connectivity index (χ0) is 35.1. The van der Waals surface area contributed by atoms with Crippen molar-refractivity contribution in [3.63, 3.8) is 0 Å². The van der Waals surface area contributed by atoms with Gasteiger partial charge in [-0.15, -0.1) is 0 Å². The minimum atomic E-state index is -0.903. The molecular formula is C37H58N2O8. The summed E-state index contributed by atoms with van der Waals surface area (Å²) in [6.07, 6.45) is 11.3. The van der Waals surface area contributed by atoms with Crippen LogP contribution in [0.4, 0.5) is 0 Å². The van der Waals surface area contributed by atoms with Gasteiger partial charge in [-0.25, -0.2) is 0 Å². The van der Waals surface area contributed by atoms with E-state index in [1.807, 2.05) is 12.2 Å². The Balaban J connectivity index is 1.95. The van der Waals surface area contributed by atoms with Crippen molar-refractivity contribution in [3.05, 3.63) is 46.8 Å². The first kappa shape index (κ1) is 39.9. The molecule has 264 valence electrons. The van der Waals surface area contributed by atoms with E-state index in [0.717, 1.165) is 48.5 Å². The topological polar surface area (TPSA) is 129 Å². The van der Waals surface area contributed by atoms with Gasteiger partial charge in [-0.05, 0) is 86.0 Å². The van der Waals surface area contributed by atoms with Crippen LogP contribution in [0.2, 0.25) is 0 Å².